The lowest BCUT2D eigenvalue weighted by molar-refractivity contribution is -0.926. The molecule has 1 aliphatic rings. The molecule has 2 nitrogen and oxygen atoms in total. The van der Waals surface area contributed by atoms with E-state index in [1.54, 1.807) is 0 Å². The van der Waals surface area contributed by atoms with E-state index in [2.05, 4.69) is 19.2 Å². The zero-order valence-electron chi connectivity index (χ0n) is 7.57. The molecule has 0 spiro atoms. The maximum atomic E-state index is 3.39. The molecule has 1 fully saturated rings. The van der Waals surface area contributed by atoms with Gasteiger partial charge in [0, 0.05) is 13.1 Å². The number of hydrogen-bond donors (Lipinski definition) is 1. The number of rotatable bonds is 2. The molecule has 0 radical (unpaired) electrons. The van der Waals surface area contributed by atoms with Crippen LogP contribution >= 0.6 is 0 Å². The van der Waals surface area contributed by atoms with Crippen LogP contribution in [0, 0.1) is 0 Å². The highest BCUT2D eigenvalue weighted by Gasteiger charge is 2.24. The van der Waals surface area contributed by atoms with Crippen molar-refractivity contribution in [3.63, 3.8) is 0 Å². The molecule has 1 heterocycles. The van der Waals surface area contributed by atoms with Crippen molar-refractivity contribution in [3.05, 3.63) is 0 Å². The molecule has 1 rings (SSSR count). The first kappa shape index (κ1) is 11.4. The van der Waals surface area contributed by atoms with Crippen LogP contribution in [0.3, 0.4) is 0 Å². The van der Waals surface area contributed by atoms with E-state index in [1.807, 2.05) is 0 Å². The van der Waals surface area contributed by atoms with Gasteiger partial charge in [-0.2, -0.15) is 0 Å². The van der Waals surface area contributed by atoms with Crippen LogP contribution in [0.25, 0.3) is 0 Å². The highest BCUT2D eigenvalue weighted by atomic mass is 79.9. The van der Waals surface area contributed by atoms with Gasteiger partial charge in [-0.3, -0.25) is 0 Å². The van der Waals surface area contributed by atoms with Crippen molar-refractivity contribution in [3.8, 4) is 0 Å². The lowest BCUT2D eigenvalue weighted by Crippen LogP contribution is -3.00. The number of hydrogen-bond acceptors (Lipinski definition) is 1. The molecule has 0 saturated carbocycles. The fourth-order valence-corrected chi connectivity index (χ4v) is 1.73. The molecule has 11 heavy (non-hydrogen) atoms. The molecular weight excluding hydrogens is 204 g/mol. The molecule has 0 aliphatic carbocycles. The van der Waals surface area contributed by atoms with Gasteiger partial charge < -0.3 is 26.8 Å². The number of quaternary nitrogens is 1. The fourth-order valence-electron chi connectivity index (χ4n) is 1.73. The summed E-state index contributed by atoms with van der Waals surface area (Å²) in [4.78, 5) is 0. The van der Waals surface area contributed by atoms with E-state index in [0.29, 0.717) is 0 Å². The van der Waals surface area contributed by atoms with Gasteiger partial charge in [-0.1, -0.05) is 0 Å². The third-order valence-corrected chi connectivity index (χ3v) is 2.87. The Hall–Kier alpha value is 0.400. The van der Waals surface area contributed by atoms with Gasteiger partial charge in [0.15, 0.2) is 0 Å². The number of halogens is 1. The van der Waals surface area contributed by atoms with Gasteiger partial charge in [-0.05, 0) is 13.8 Å². The summed E-state index contributed by atoms with van der Waals surface area (Å²) in [6.45, 7) is 12.3. The first-order chi connectivity index (χ1) is 4.83. The van der Waals surface area contributed by atoms with Crippen molar-refractivity contribution in [1.29, 1.82) is 0 Å². The predicted octanol–water partition coefficient (Wildman–Crippen LogP) is -2.55. The van der Waals surface area contributed by atoms with Gasteiger partial charge >= 0.3 is 0 Å². The van der Waals surface area contributed by atoms with E-state index in [0.717, 1.165) is 0 Å². The highest BCUT2D eigenvalue weighted by molar-refractivity contribution is 4.55. The largest absolute Gasteiger partial charge is 1.00 e. The lowest BCUT2D eigenvalue weighted by atomic mass is 10.2. The fraction of sp³-hybridized carbons (Fsp3) is 1.00. The standard InChI is InChI=1S/C8H19N2.BrH/c1-3-10(4-2)7-5-9-6-8-10;/h9H,3-8H2,1-2H3;1H/q+1;/p-1. The zero-order valence-corrected chi connectivity index (χ0v) is 9.15. The average molecular weight is 223 g/mol. The molecule has 1 aliphatic heterocycles. The Labute approximate surface area is 80.3 Å². The van der Waals surface area contributed by atoms with E-state index in [-0.39, 0.29) is 17.0 Å². The summed E-state index contributed by atoms with van der Waals surface area (Å²) in [5.74, 6) is 0. The number of nitrogens with one attached hydrogen (secondary N) is 1. The average Bonchev–Trinajstić information content (AvgIpc) is 2.06. The molecule has 0 aromatic heterocycles. The van der Waals surface area contributed by atoms with Gasteiger partial charge in [-0.25, -0.2) is 0 Å². The van der Waals surface area contributed by atoms with E-state index >= 15 is 0 Å². The topological polar surface area (TPSA) is 12.0 Å². The van der Waals surface area contributed by atoms with E-state index < -0.39 is 0 Å². The molecule has 0 unspecified atom stereocenters. The Bertz CT molecular complexity index is 94.3. The summed E-state index contributed by atoms with van der Waals surface area (Å²) in [7, 11) is 0. The van der Waals surface area contributed by atoms with Crippen LogP contribution in [0.15, 0.2) is 0 Å². The molecule has 0 bridgehead atoms. The van der Waals surface area contributed by atoms with Crippen LogP contribution in [0.2, 0.25) is 0 Å². The summed E-state index contributed by atoms with van der Waals surface area (Å²) in [6.07, 6.45) is 0. The van der Waals surface area contributed by atoms with E-state index in [4.69, 9.17) is 0 Å². The number of piperazine rings is 1. The molecule has 0 atom stereocenters. The SMILES string of the molecule is CC[N+]1(CC)CCNCC1.[Br-]. The third kappa shape index (κ3) is 2.73. The Balaban J connectivity index is 0.000001000. The van der Waals surface area contributed by atoms with E-state index in [9.17, 15) is 0 Å². The van der Waals surface area contributed by atoms with Crippen molar-refractivity contribution >= 4 is 0 Å². The summed E-state index contributed by atoms with van der Waals surface area (Å²) in [5, 5.41) is 3.39. The quantitative estimate of drug-likeness (QED) is 0.508. The van der Waals surface area contributed by atoms with Crippen LogP contribution < -0.4 is 22.3 Å². The molecule has 68 valence electrons. The van der Waals surface area contributed by atoms with Crippen molar-refractivity contribution < 1.29 is 21.5 Å². The van der Waals surface area contributed by atoms with Crippen molar-refractivity contribution in [2.75, 3.05) is 39.3 Å². The normalized spacial score (nSPS) is 22.4. The van der Waals surface area contributed by atoms with Gasteiger partial charge in [-0.15, -0.1) is 0 Å². The summed E-state index contributed by atoms with van der Waals surface area (Å²) < 4.78 is 1.33. The monoisotopic (exact) mass is 222 g/mol. The summed E-state index contributed by atoms with van der Waals surface area (Å²) in [6, 6.07) is 0. The second kappa shape index (κ2) is 5.12. The Morgan fingerprint density at radius 2 is 1.55 bits per heavy atom. The molecule has 1 saturated heterocycles. The van der Waals surface area contributed by atoms with Crippen LogP contribution in [-0.2, 0) is 0 Å². The first-order valence-electron chi connectivity index (χ1n) is 4.39. The summed E-state index contributed by atoms with van der Waals surface area (Å²) in [5.41, 5.74) is 0. The number of likely N-dealkylation sites (N-methyl/N-ethyl adjacent to an activating group) is 1. The minimum atomic E-state index is 0. The smallest absolute Gasteiger partial charge is 0.0913 e. The van der Waals surface area contributed by atoms with Gasteiger partial charge in [0.25, 0.3) is 0 Å². The minimum absolute atomic E-state index is 0. The van der Waals surface area contributed by atoms with Gasteiger partial charge in [0.1, 0.15) is 0 Å². The predicted molar refractivity (Wildman–Crippen MR) is 43.9 cm³/mol. The van der Waals surface area contributed by atoms with Crippen molar-refractivity contribution in [2.45, 2.75) is 13.8 Å². The van der Waals surface area contributed by atoms with Crippen molar-refractivity contribution in [1.82, 2.24) is 5.32 Å². The molecule has 0 aromatic rings. The third-order valence-electron chi connectivity index (χ3n) is 2.87. The van der Waals surface area contributed by atoms with Crippen LogP contribution in [0.1, 0.15) is 13.8 Å². The molecular formula is C8H19BrN2. The maximum Gasteiger partial charge on any atom is 0.0913 e. The second-order valence-corrected chi connectivity index (χ2v) is 3.17. The highest BCUT2D eigenvalue weighted by Crippen LogP contribution is 2.06. The van der Waals surface area contributed by atoms with Crippen molar-refractivity contribution in [2.24, 2.45) is 0 Å². The van der Waals surface area contributed by atoms with Crippen LogP contribution in [-0.4, -0.2) is 43.8 Å². The molecule has 1 N–H and O–H groups in total. The van der Waals surface area contributed by atoms with E-state index in [1.165, 1.54) is 43.8 Å². The number of nitrogens with zero attached hydrogens (tertiary/aromatic N) is 1. The maximum absolute atomic E-state index is 3.39. The first-order valence-corrected chi connectivity index (χ1v) is 4.39. The minimum Gasteiger partial charge on any atom is -1.00 e. The Morgan fingerprint density at radius 1 is 1.09 bits per heavy atom. The molecule has 0 aromatic carbocycles. The lowest BCUT2D eigenvalue weighted by Gasteiger charge is -2.40. The second-order valence-electron chi connectivity index (χ2n) is 3.17. The van der Waals surface area contributed by atoms with Crippen LogP contribution in [0.5, 0.6) is 0 Å². The molecule has 3 heteroatoms. The van der Waals surface area contributed by atoms with Gasteiger partial charge in [0.05, 0.1) is 26.2 Å². The zero-order chi connectivity index (χ0) is 7.45. The Morgan fingerprint density at radius 3 is 1.82 bits per heavy atom. The summed E-state index contributed by atoms with van der Waals surface area (Å²) >= 11 is 0. The molecule has 0 amide bonds. The van der Waals surface area contributed by atoms with Crippen LogP contribution in [0.4, 0.5) is 0 Å². The van der Waals surface area contributed by atoms with Gasteiger partial charge in [0.2, 0.25) is 0 Å². The Kier molecular flexibility index (Phi) is 5.30.